The molecule has 2 aromatic rings. The summed E-state index contributed by atoms with van der Waals surface area (Å²) in [6, 6.07) is 10.6. The predicted octanol–water partition coefficient (Wildman–Crippen LogP) is 4.80. The smallest absolute Gasteiger partial charge is 0.165 e. The number of aryl methyl sites for hydroxylation is 1. The van der Waals surface area contributed by atoms with E-state index in [-0.39, 0.29) is 11.6 Å². The Bertz CT molecular complexity index is 601. The van der Waals surface area contributed by atoms with Crippen LogP contribution in [-0.2, 0) is 6.54 Å². The normalized spacial score (nSPS) is 10.6. The van der Waals surface area contributed by atoms with Gasteiger partial charge in [0.05, 0.1) is 0 Å². The second-order valence-corrected chi connectivity index (χ2v) is 5.47. The van der Waals surface area contributed by atoms with Gasteiger partial charge in [-0.2, -0.15) is 0 Å². The van der Waals surface area contributed by atoms with Gasteiger partial charge in [-0.1, -0.05) is 35.0 Å². The van der Waals surface area contributed by atoms with Crippen molar-refractivity contribution in [1.29, 1.82) is 0 Å². The van der Waals surface area contributed by atoms with Gasteiger partial charge in [-0.05, 0) is 48.9 Å². The fourth-order valence-electron chi connectivity index (χ4n) is 1.81. The first-order valence-corrected chi connectivity index (χ1v) is 7.32. The van der Waals surface area contributed by atoms with Crippen molar-refractivity contribution in [3.05, 3.63) is 57.8 Å². The highest BCUT2D eigenvalue weighted by Crippen LogP contribution is 2.30. The Hall–Kier alpha value is -1.39. The number of hydrogen-bond acceptors (Lipinski definition) is 2. The third kappa shape index (κ3) is 3.81. The Labute approximate surface area is 127 Å². The molecule has 0 bridgehead atoms. The fraction of sp³-hybridized carbons (Fsp3) is 0.250. The SMILES string of the molecule is CCNCc1ccc(C)c(Oc2cc(Br)ccc2F)c1. The van der Waals surface area contributed by atoms with Gasteiger partial charge in [0.2, 0.25) is 0 Å². The van der Waals surface area contributed by atoms with Gasteiger partial charge < -0.3 is 10.1 Å². The minimum absolute atomic E-state index is 0.225. The summed E-state index contributed by atoms with van der Waals surface area (Å²) in [6.07, 6.45) is 0. The molecule has 0 aliphatic heterocycles. The maximum absolute atomic E-state index is 13.7. The molecule has 0 heterocycles. The van der Waals surface area contributed by atoms with Crippen LogP contribution in [0.1, 0.15) is 18.1 Å². The number of hydrogen-bond donors (Lipinski definition) is 1. The molecular formula is C16H17BrFNO. The van der Waals surface area contributed by atoms with E-state index < -0.39 is 0 Å². The number of rotatable bonds is 5. The lowest BCUT2D eigenvalue weighted by Gasteiger charge is -2.12. The molecule has 0 aromatic heterocycles. The molecule has 106 valence electrons. The van der Waals surface area contributed by atoms with Crippen molar-refractivity contribution < 1.29 is 9.13 Å². The summed E-state index contributed by atoms with van der Waals surface area (Å²) in [6.45, 7) is 5.68. The first kappa shape index (κ1) is 15.0. The Morgan fingerprint density at radius 3 is 2.70 bits per heavy atom. The molecule has 0 fully saturated rings. The van der Waals surface area contributed by atoms with Crippen LogP contribution in [0.2, 0.25) is 0 Å². The van der Waals surface area contributed by atoms with E-state index in [1.165, 1.54) is 6.07 Å². The van der Waals surface area contributed by atoms with Crippen LogP contribution in [0.5, 0.6) is 11.5 Å². The standard InChI is InChI=1S/C16H17BrFNO/c1-3-19-10-12-5-4-11(2)15(8-12)20-16-9-13(17)6-7-14(16)18/h4-9,19H,3,10H2,1-2H3. The van der Waals surface area contributed by atoms with Crippen molar-refractivity contribution in [3.8, 4) is 11.5 Å². The van der Waals surface area contributed by atoms with Crippen molar-refractivity contribution in [3.63, 3.8) is 0 Å². The summed E-state index contributed by atoms with van der Waals surface area (Å²) in [5.74, 6) is 0.533. The average Bonchev–Trinajstić information content (AvgIpc) is 2.43. The van der Waals surface area contributed by atoms with Gasteiger partial charge in [-0.25, -0.2) is 4.39 Å². The number of nitrogens with one attached hydrogen (secondary N) is 1. The van der Waals surface area contributed by atoms with Gasteiger partial charge in [0.15, 0.2) is 11.6 Å². The van der Waals surface area contributed by atoms with Crippen LogP contribution in [-0.4, -0.2) is 6.54 Å². The van der Waals surface area contributed by atoms with Crippen molar-refractivity contribution >= 4 is 15.9 Å². The molecule has 2 aromatic carbocycles. The number of halogens is 2. The summed E-state index contributed by atoms with van der Waals surface area (Å²) < 4.78 is 20.2. The van der Waals surface area contributed by atoms with E-state index in [2.05, 4.69) is 28.2 Å². The molecule has 0 spiro atoms. The monoisotopic (exact) mass is 337 g/mol. The molecular weight excluding hydrogens is 321 g/mol. The van der Waals surface area contributed by atoms with Crippen molar-refractivity contribution in [2.24, 2.45) is 0 Å². The van der Waals surface area contributed by atoms with Crippen molar-refractivity contribution in [1.82, 2.24) is 5.32 Å². The quantitative estimate of drug-likeness (QED) is 0.846. The van der Waals surface area contributed by atoms with E-state index in [1.807, 2.05) is 25.1 Å². The maximum Gasteiger partial charge on any atom is 0.165 e. The molecule has 0 aliphatic carbocycles. The fourth-order valence-corrected chi connectivity index (χ4v) is 2.15. The van der Waals surface area contributed by atoms with Gasteiger partial charge >= 0.3 is 0 Å². The van der Waals surface area contributed by atoms with Gasteiger partial charge in [-0.3, -0.25) is 0 Å². The minimum Gasteiger partial charge on any atom is -0.454 e. The topological polar surface area (TPSA) is 21.3 Å². The van der Waals surface area contributed by atoms with Gasteiger partial charge in [0, 0.05) is 11.0 Å². The molecule has 0 unspecified atom stereocenters. The zero-order valence-corrected chi connectivity index (χ0v) is 13.1. The summed E-state index contributed by atoms with van der Waals surface area (Å²) in [4.78, 5) is 0. The number of ether oxygens (including phenoxy) is 1. The van der Waals surface area contributed by atoms with E-state index in [1.54, 1.807) is 12.1 Å². The predicted molar refractivity (Wildman–Crippen MR) is 82.7 cm³/mol. The molecule has 0 radical (unpaired) electrons. The zero-order chi connectivity index (χ0) is 14.5. The van der Waals surface area contributed by atoms with Crippen LogP contribution in [0.25, 0.3) is 0 Å². The third-order valence-electron chi connectivity index (χ3n) is 2.94. The zero-order valence-electron chi connectivity index (χ0n) is 11.5. The average molecular weight is 338 g/mol. The molecule has 0 saturated carbocycles. The summed E-state index contributed by atoms with van der Waals surface area (Å²) in [7, 11) is 0. The highest BCUT2D eigenvalue weighted by Gasteiger charge is 2.08. The van der Waals surface area contributed by atoms with Gasteiger partial charge in [0.25, 0.3) is 0 Å². The number of benzene rings is 2. The summed E-state index contributed by atoms with van der Waals surface area (Å²) >= 11 is 3.32. The van der Waals surface area contributed by atoms with E-state index in [9.17, 15) is 4.39 Å². The largest absolute Gasteiger partial charge is 0.454 e. The molecule has 0 amide bonds. The molecule has 2 nitrogen and oxygen atoms in total. The lowest BCUT2D eigenvalue weighted by Crippen LogP contribution is -2.11. The van der Waals surface area contributed by atoms with Crippen molar-refractivity contribution in [2.75, 3.05) is 6.54 Å². The maximum atomic E-state index is 13.7. The van der Waals surface area contributed by atoms with E-state index in [4.69, 9.17) is 4.74 Å². The van der Waals surface area contributed by atoms with Crippen LogP contribution >= 0.6 is 15.9 Å². The molecule has 0 atom stereocenters. The van der Waals surface area contributed by atoms with E-state index in [0.717, 1.165) is 28.7 Å². The van der Waals surface area contributed by atoms with Gasteiger partial charge in [-0.15, -0.1) is 0 Å². The highest BCUT2D eigenvalue weighted by atomic mass is 79.9. The summed E-state index contributed by atoms with van der Waals surface area (Å²) in [5, 5.41) is 3.26. The Morgan fingerprint density at radius 2 is 1.95 bits per heavy atom. The Morgan fingerprint density at radius 1 is 1.15 bits per heavy atom. The van der Waals surface area contributed by atoms with Crippen LogP contribution in [0.4, 0.5) is 4.39 Å². The van der Waals surface area contributed by atoms with E-state index >= 15 is 0 Å². The third-order valence-corrected chi connectivity index (χ3v) is 3.44. The van der Waals surface area contributed by atoms with Crippen molar-refractivity contribution in [2.45, 2.75) is 20.4 Å². The van der Waals surface area contributed by atoms with Crippen LogP contribution in [0, 0.1) is 12.7 Å². The second-order valence-electron chi connectivity index (χ2n) is 4.56. The molecule has 0 saturated heterocycles. The molecule has 1 N–H and O–H groups in total. The lowest BCUT2D eigenvalue weighted by atomic mass is 10.1. The second kappa shape index (κ2) is 6.86. The van der Waals surface area contributed by atoms with Gasteiger partial charge in [0.1, 0.15) is 5.75 Å². The molecule has 4 heteroatoms. The Balaban J connectivity index is 2.25. The Kier molecular flexibility index (Phi) is 5.15. The van der Waals surface area contributed by atoms with Crippen LogP contribution in [0.3, 0.4) is 0 Å². The van der Waals surface area contributed by atoms with Crippen LogP contribution < -0.4 is 10.1 Å². The highest BCUT2D eigenvalue weighted by molar-refractivity contribution is 9.10. The lowest BCUT2D eigenvalue weighted by molar-refractivity contribution is 0.438. The first-order valence-electron chi connectivity index (χ1n) is 6.53. The summed E-state index contributed by atoms with van der Waals surface area (Å²) in [5.41, 5.74) is 2.09. The van der Waals surface area contributed by atoms with Crippen LogP contribution in [0.15, 0.2) is 40.9 Å². The molecule has 20 heavy (non-hydrogen) atoms. The molecule has 2 rings (SSSR count). The first-order chi connectivity index (χ1) is 9.60. The minimum atomic E-state index is -0.371. The van der Waals surface area contributed by atoms with E-state index in [0.29, 0.717) is 5.75 Å². The molecule has 0 aliphatic rings.